The van der Waals surface area contributed by atoms with Crippen molar-refractivity contribution in [2.75, 3.05) is 19.6 Å². The van der Waals surface area contributed by atoms with Crippen molar-refractivity contribution in [3.05, 3.63) is 29.3 Å². The maximum absolute atomic E-state index is 12.0. The average Bonchev–Trinajstić information content (AvgIpc) is 2.50. The predicted octanol–water partition coefficient (Wildman–Crippen LogP) is 1.29. The van der Waals surface area contributed by atoms with E-state index in [1.54, 1.807) is 32.9 Å². The van der Waals surface area contributed by atoms with E-state index in [9.17, 15) is 18.0 Å². The number of hydrogen-bond donors (Lipinski definition) is 3. The maximum Gasteiger partial charge on any atom is 0.240 e. The van der Waals surface area contributed by atoms with E-state index in [4.69, 9.17) is 11.6 Å². The van der Waals surface area contributed by atoms with Crippen molar-refractivity contribution in [3.63, 3.8) is 0 Å². The molecule has 1 aromatic rings. The van der Waals surface area contributed by atoms with Crippen LogP contribution in [0.15, 0.2) is 29.2 Å². The molecular formula is C16H24ClN3O4S. The number of rotatable bonds is 8. The molecule has 2 amide bonds. The Labute approximate surface area is 153 Å². The number of carbonyl (C=O) groups is 2. The van der Waals surface area contributed by atoms with E-state index >= 15 is 0 Å². The third-order valence-corrected chi connectivity index (χ3v) is 4.86. The molecule has 0 bridgehead atoms. The number of nitrogens with one attached hydrogen (secondary N) is 3. The van der Waals surface area contributed by atoms with E-state index in [-0.39, 0.29) is 42.8 Å². The van der Waals surface area contributed by atoms with Crippen LogP contribution in [-0.2, 0) is 19.6 Å². The Bertz CT molecular complexity index is 714. The van der Waals surface area contributed by atoms with Gasteiger partial charge in [0.05, 0.1) is 4.90 Å². The first-order valence-electron chi connectivity index (χ1n) is 7.82. The summed E-state index contributed by atoms with van der Waals surface area (Å²) in [4.78, 5) is 23.4. The Kier molecular flexibility index (Phi) is 7.85. The van der Waals surface area contributed by atoms with Gasteiger partial charge < -0.3 is 10.6 Å². The molecule has 3 N–H and O–H groups in total. The molecule has 0 heterocycles. The summed E-state index contributed by atoms with van der Waals surface area (Å²) < 4.78 is 26.5. The van der Waals surface area contributed by atoms with Crippen molar-refractivity contribution >= 4 is 33.4 Å². The fraction of sp³-hybridized carbons (Fsp3) is 0.500. The zero-order valence-corrected chi connectivity index (χ0v) is 16.1. The number of benzene rings is 1. The highest BCUT2D eigenvalue weighted by molar-refractivity contribution is 7.89. The van der Waals surface area contributed by atoms with Gasteiger partial charge in [-0.3, -0.25) is 9.59 Å². The van der Waals surface area contributed by atoms with Gasteiger partial charge in [-0.15, -0.1) is 0 Å². The van der Waals surface area contributed by atoms with Crippen molar-refractivity contribution in [2.24, 2.45) is 5.41 Å². The quantitative estimate of drug-likeness (QED) is 0.582. The van der Waals surface area contributed by atoms with Crippen LogP contribution in [0.25, 0.3) is 0 Å². The van der Waals surface area contributed by atoms with E-state index in [1.807, 2.05) is 0 Å². The van der Waals surface area contributed by atoms with Crippen LogP contribution in [-0.4, -0.2) is 39.9 Å². The van der Waals surface area contributed by atoms with Gasteiger partial charge in [-0.25, -0.2) is 13.1 Å². The Morgan fingerprint density at radius 2 is 1.76 bits per heavy atom. The summed E-state index contributed by atoms with van der Waals surface area (Å²) in [5, 5.41) is 5.59. The molecule has 0 saturated carbocycles. The van der Waals surface area contributed by atoms with Gasteiger partial charge in [-0.2, -0.15) is 0 Å². The van der Waals surface area contributed by atoms with Gasteiger partial charge in [0.15, 0.2) is 0 Å². The molecule has 0 atom stereocenters. The maximum atomic E-state index is 12.0. The molecule has 9 heteroatoms. The lowest BCUT2D eigenvalue weighted by molar-refractivity contribution is -0.128. The van der Waals surface area contributed by atoms with Crippen molar-refractivity contribution in [2.45, 2.75) is 32.1 Å². The topological polar surface area (TPSA) is 104 Å². The first-order valence-corrected chi connectivity index (χ1v) is 9.69. The minimum atomic E-state index is -3.67. The third-order valence-electron chi connectivity index (χ3n) is 3.16. The van der Waals surface area contributed by atoms with E-state index in [2.05, 4.69) is 15.4 Å². The number of sulfonamides is 1. The fourth-order valence-electron chi connectivity index (χ4n) is 1.75. The van der Waals surface area contributed by atoms with Crippen LogP contribution in [0.1, 0.15) is 27.2 Å². The minimum Gasteiger partial charge on any atom is -0.355 e. The molecule has 0 fully saturated rings. The van der Waals surface area contributed by atoms with Gasteiger partial charge in [-0.1, -0.05) is 38.4 Å². The van der Waals surface area contributed by atoms with E-state index in [0.29, 0.717) is 5.02 Å². The predicted molar refractivity (Wildman–Crippen MR) is 96.7 cm³/mol. The SMILES string of the molecule is CC(C)(C)C(=O)NCCC(=O)NCCNS(=O)(=O)c1cccc(Cl)c1. The lowest BCUT2D eigenvalue weighted by Gasteiger charge is -2.17. The second-order valence-electron chi connectivity index (χ2n) is 6.46. The molecule has 140 valence electrons. The zero-order chi connectivity index (χ0) is 19.1. The van der Waals surface area contributed by atoms with Gasteiger partial charge in [0.2, 0.25) is 21.8 Å². The molecule has 0 aromatic heterocycles. The smallest absolute Gasteiger partial charge is 0.240 e. The molecular weight excluding hydrogens is 366 g/mol. The average molecular weight is 390 g/mol. The van der Waals surface area contributed by atoms with Crippen molar-refractivity contribution < 1.29 is 18.0 Å². The largest absolute Gasteiger partial charge is 0.355 e. The Morgan fingerprint density at radius 1 is 1.08 bits per heavy atom. The third kappa shape index (κ3) is 7.85. The van der Waals surface area contributed by atoms with Gasteiger partial charge in [0.1, 0.15) is 0 Å². The number of amides is 2. The summed E-state index contributed by atoms with van der Waals surface area (Å²) >= 11 is 5.77. The summed E-state index contributed by atoms with van der Waals surface area (Å²) in [5.74, 6) is -0.397. The van der Waals surface area contributed by atoms with E-state index in [0.717, 1.165) is 0 Å². The van der Waals surface area contributed by atoms with Crippen molar-refractivity contribution in [1.82, 2.24) is 15.4 Å². The molecule has 0 unspecified atom stereocenters. The van der Waals surface area contributed by atoms with Crippen LogP contribution < -0.4 is 15.4 Å². The van der Waals surface area contributed by atoms with Crippen LogP contribution in [0.2, 0.25) is 5.02 Å². The monoisotopic (exact) mass is 389 g/mol. The normalized spacial score (nSPS) is 11.8. The number of hydrogen-bond acceptors (Lipinski definition) is 4. The Balaban J connectivity index is 2.29. The minimum absolute atomic E-state index is 0.0505. The molecule has 1 rings (SSSR count). The molecule has 0 spiro atoms. The highest BCUT2D eigenvalue weighted by atomic mass is 35.5. The molecule has 0 aliphatic heterocycles. The van der Waals surface area contributed by atoms with Crippen LogP contribution >= 0.6 is 11.6 Å². The fourth-order valence-corrected chi connectivity index (χ4v) is 3.08. The summed E-state index contributed by atoms with van der Waals surface area (Å²) in [5.41, 5.74) is -0.505. The molecule has 1 aromatic carbocycles. The highest BCUT2D eigenvalue weighted by Crippen LogP contribution is 2.15. The van der Waals surface area contributed by atoms with Gasteiger partial charge in [-0.05, 0) is 18.2 Å². The van der Waals surface area contributed by atoms with Gasteiger partial charge in [0, 0.05) is 36.5 Å². The molecule has 0 aliphatic rings. The van der Waals surface area contributed by atoms with E-state index < -0.39 is 15.4 Å². The number of halogens is 1. The first kappa shape index (κ1) is 21.4. The second kappa shape index (κ2) is 9.17. The molecule has 0 radical (unpaired) electrons. The van der Waals surface area contributed by atoms with Crippen LogP contribution in [0.3, 0.4) is 0 Å². The van der Waals surface area contributed by atoms with Crippen molar-refractivity contribution in [3.8, 4) is 0 Å². The van der Waals surface area contributed by atoms with Crippen LogP contribution in [0.4, 0.5) is 0 Å². The van der Waals surface area contributed by atoms with Gasteiger partial charge >= 0.3 is 0 Å². The summed E-state index contributed by atoms with van der Waals surface area (Å²) in [6, 6.07) is 5.91. The summed E-state index contributed by atoms with van der Waals surface area (Å²) in [6.07, 6.45) is 0.128. The Hall–Kier alpha value is -1.64. The molecule has 0 saturated heterocycles. The van der Waals surface area contributed by atoms with Crippen LogP contribution in [0, 0.1) is 5.41 Å². The standard InChI is InChI=1S/C16H24ClN3O4S/c1-16(2,3)15(22)19-8-7-14(21)18-9-10-20-25(23,24)13-6-4-5-12(17)11-13/h4-6,11,20H,7-10H2,1-3H3,(H,18,21)(H,19,22). The first-order chi connectivity index (χ1) is 11.5. The second-order valence-corrected chi connectivity index (χ2v) is 8.66. The van der Waals surface area contributed by atoms with Crippen LogP contribution in [0.5, 0.6) is 0 Å². The number of carbonyl (C=O) groups excluding carboxylic acids is 2. The summed E-state index contributed by atoms with van der Waals surface area (Å²) in [6.45, 7) is 5.79. The molecule has 25 heavy (non-hydrogen) atoms. The Morgan fingerprint density at radius 3 is 2.36 bits per heavy atom. The molecule has 7 nitrogen and oxygen atoms in total. The van der Waals surface area contributed by atoms with Gasteiger partial charge in [0.25, 0.3) is 0 Å². The zero-order valence-electron chi connectivity index (χ0n) is 14.6. The van der Waals surface area contributed by atoms with Crippen molar-refractivity contribution in [1.29, 1.82) is 0 Å². The van der Waals surface area contributed by atoms with E-state index in [1.165, 1.54) is 12.1 Å². The lowest BCUT2D eigenvalue weighted by atomic mass is 9.96. The highest BCUT2D eigenvalue weighted by Gasteiger charge is 2.20. The summed E-state index contributed by atoms with van der Waals surface area (Å²) in [7, 11) is -3.67. The molecule has 0 aliphatic carbocycles. The lowest BCUT2D eigenvalue weighted by Crippen LogP contribution is -2.38.